The van der Waals surface area contributed by atoms with Crippen LogP contribution < -0.4 is 14.5 Å². The van der Waals surface area contributed by atoms with Gasteiger partial charge in [-0.05, 0) is 67.9 Å². The summed E-state index contributed by atoms with van der Waals surface area (Å²) in [5.74, 6) is 1.76. The molecule has 7 aromatic rings. The van der Waals surface area contributed by atoms with Crippen LogP contribution in [-0.4, -0.2) is 21.6 Å². The Morgan fingerprint density at radius 3 is 2.38 bits per heavy atom. The van der Waals surface area contributed by atoms with Crippen molar-refractivity contribution in [1.82, 2.24) is 14.5 Å². The fourth-order valence-electron chi connectivity index (χ4n) is 5.98. The number of rotatable bonds is 5. The predicted octanol–water partition coefficient (Wildman–Crippen LogP) is 8.95. The first-order valence-electron chi connectivity index (χ1n) is 14.6. The molecule has 1 aliphatic rings. The molecular weight excluding hydrogens is 738 g/mol. The Bertz CT molecular complexity index is 2190. The number of anilines is 3. The maximum atomic E-state index is 6.29. The van der Waals surface area contributed by atoms with Crippen LogP contribution in [0.1, 0.15) is 11.1 Å². The Morgan fingerprint density at radius 1 is 0.778 bits per heavy atom. The number of ether oxygens (including phenoxy) is 1. The molecule has 7 heteroatoms. The first-order chi connectivity index (χ1) is 21.5. The number of hydrogen-bond donors (Lipinski definition) is 0. The van der Waals surface area contributed by atoms with E-state index >= 15 is 0 Å². The summed E-state index contributed by atoms with van der Waals surface area (Å²) >= 11 is 0. The van der Waals surface area contributed by atoms with Gasteiger partial charge >= 0.3 is 0 Å². The number of para-hydroxylation sites is 3. The van der Waals surface area contributed by atoms with Crippen molar-refractivity contribution in [2.24, 2.45) is 0 Å². The first-order valence-corrected chi connectivity index (χ1v) is 14.6. The summed E-state index contributed by atoms with van der Waals surface area (Å²) in [6.07, 6.45) is 3.71. The number of benzene rings is 4. The van der Waals surface area contributed by atoms with Gasteiger partial charge in [0, 0.05) is 55.5 Å². The van der Waals surface area contributed by atoms with Crippen LogP contribution in [0.25, 0.3) is 38.8 Å². The van der Waals surface area contributed by atoms with Crippen LogP contribution in [0.3, 0.4) is 0 Å². The third-order valence-corrected chi connectivity index (χ3v) is 8.18. The molecule has 3 aromatic heterocycles. The molecule has 0 amide bonds. The molecule has 0 spiro atoms. The maximum absolute atomic E-state index is 6.29. The van der Waals surface area contributed by atoms with Gasteiger partial charge in [0.25, 0.3) is 0 Å². The summed E-state index contributed by atoms with van der Waals surface area (Å²) in [5, 5.41) is 2.21. The van der Waals surface area contributed by atoms with Crippen LogP contribution in [0.2, 0.25) is 0 Å². The van der Waals surface area contributed by atoms with Gasteiger partial charge < -0.3 is 19.1 Å². The second-order valence-electron chi connectivity index (χ2n) is 11.1. The minimum absolute atomic E-state index is 0. The summed E-state index contributed by atoms with van der Waals surface area (Å²) in [6, 6.07) is 40.2. The second kappa shape index (κ2) is 11.5. The van der Waals surface area contributed by atoms with Gasteiger partial charge in [-0.2, -0.15) is 30.6 Å². The van der Waals surface area contributed by atoms with Gasteiger partial charge in [-0.1, -0.05) is 65.7 Å². The van der Waals surface area contributed by atoms with E-state index in [1.54, 1.807) is 6.20 Å². The van der Waals surface area contributed by atoms with Gasteiger partial charge in [-0.15, -0.1) is 17.5 Å². The van der Waals surface area contributed by atoms with Crippen molar-refractivity contribution in [2.45, 2.75) is 13.8 Å². The molecule has 0 N–H and O–H groups in total. The van der Waals surface area contributed by atoms with Crippen LogP contribution in [-0.2, 0) is 21.1 Å². The smallest absolute Gasteiger partial charge is 0.135 e. The zero-order valence-corrected chi connectivity index (χ0v) is 27.2. The molecule has 1 aliphatic heterocycles. The van der Waals surface area contributed by atoms with Crippen LogP contribution in [0.5, 0.6) is 11.6 Å². The third kappa shape index (κ3) is 5.05. The number of pyridine rings is 2. The zero-order chi connectivity index (χ0) is 29.8. The van der Waals surface area contributed by atoms with E-state index in [9.17, 15) is 0 Å². The molecule has 0 aliphatic carbocycles. The third-order valence-electron chi connectivity index (χ3n) is 8.18. The minimum atomic E-state index is 0. The number of aryl methyl sites for hydroxylation is 2. The van der Waals surface area contributed by atoms with E-state index in [1.807, 2.05) is 44.2 Å². The van der Waals surface area contributed by atoms with Crippen LogP contribution >= 0.6 is 0 Å². The van der Waals surface area contributed by atoms with Gasteiger partial charge in [0.15, 0.2) is 0 Å². The second-order valence-corrected chi connectivity index (χ2v) is 11.1. The SMILES string of the molecule is Cc1ccc(-c2cnc(-n3c4[c-]c(Oc5[c-]c(N6[CH-]N(C)c7ccccc76)ccn5)ccc4c4ccccc43)cc2C)cc1.[Pt]. The normalized spacial score (nSPS) is 12.4. The van der Waals surface area contributed by atoms with E-state index in [0.717, 1.165) is 61.4 Å². The molecule has 6 nitrogen and oxygen atoms in total. The number of aromatic nitrogens is 3. The molecule has 0 fully saturated rings. The molecule has 0 saturated heterocycles. The Kier molecular flexibility index (Phi) is 7.38. The Labute approximate surface area is 276 Å². The standard InChI is InChI=1S/C38H28N5O.Pt/c1-25-12-14-27(15-13-25)32-23-40-37(20-26(32)2)43-33-9-5-4-8-30(33)31-17-16-29(22-36(31)43)44-38-21-28(18-19-39-38)42-24-41(3)34-10-6-7-11-35(34)42;/h4-20,23-24H,1-3H3;/q-3;. The van der Waals surface area contributed by atoms with Gasteiger partial charge in [0.05, 0.1) is 0 Å². The molecule has 4 aromatic carbocycles. The average Bonchev–Trinajstić information content (AvgIpc) is 3.56. The van der Waals surface area contributed by atoms with E-state index in [1.165, 1.54) is 5.56 Å². The fourth-order valence-corrected chi connectivity index (χ4v) is 5.98. The van der Waals surface area contributed by atoms with Gasteiger partial charge in [-0.25, -0.2) is 4.98 Å². The van der Waals surface area contributed by atoms with E-state index in [0.29, 0.717) is 11.6 Å². The molecular formula is C38H28N5OPt-3. The molecule has 224 valence electrons. The van der Waals surface area contributed by atoms with E-state index in [4.69, 9.17) is 9.72 Å². The number of hydrogen-bond acceptors (Lipinski definition) is 5. The largest absolute Gasteiger partial charge is 0.504 e. The van der Waals surface area contributed by atoms with Crippen molar-refractivity contribution in [3.63, 3.8) is 0 Å². The topological polar surface area (TPSA) is 46.4 Å². The van der Waals surface area contributed by atoms with Crippen LogP contribution in [0, 0.1) is 32.6 Å². The molecule has 0 bridgehead atoms. The molecule has 0 unspecified atom stereocenters. The summed E-state index contributed by atoms with van der Waals surface area (Å²) < 4.78 is 8.44. The molecule has 0 atom stereocenters. The van der Waals surface area contributed by atoms with E-state index < -0.39 is 0 Å². The van der Waals surface area contributed by atoms with Crippen molar-refractivity contribution in [3.05, 3.63) is 139 Å². The molecule has 0 saturated carbocycles. The monoisotopic (exact) mass is 765 g/mol. The van der Waals surface area contributed by atoms with Crippen molar-refractivity contribution in [3.8, 4) is 28.6 Å². The summed E-state index contributed by atoms with van der Waals surface area (Å²) in [4.78, 5) is 13.6. The molecule has 8 rings (SSSR count). The number of nitrogens with zero attached hydrogens (tertiary/aromatic N) is 5. The van der Waals surface area contributed by atoms with Crippen LogP contribution in [0.4, 0.5) is 17.1 Å². The Balaban J connectivity index is 0.00000325. The van der Waals surface area contributed by atoms with E-state index in [-0.39, 0.29) is 21.1 Å². The van der Waals surface area contributed by atoms with Gasteiger partial charge in [0.1, 0.15) is 11.7 Å². The summed E-state index contributed by atoms with van der Waals surface area (Å²) in [6.45, 7) is 6.27. The van der Waals surface area contributed by atoms with Crippen molar-refractivity contribution < 1.29 is 25.8 Å². The average molecular weight is 766 g/mol. The van der Waals surface area contributed by atoms with Gasteiger partial charge in [0.2, 0.25) is 0 Å². The predicted molar refractivity (Wildman–Crippen MR) is 177 cm³/mol. The van der Waals surface area contributed by atoms with E-state index in [2.05, 4.69) is 118 Å². The summed E-state index contributed by atoms with van der Waals surface area (Å²) in [7, 11) is 2.03. The summed E-state index contributed by atoms with van der Waals surface area (Å²) in [5.41, 5.74) is 9.66. The van der Waals surface area contributed by atoms with Crippen molar-refractivity contribution >= 4 is 38.9 Å². The molecule has 0 radical (unpaired) electrons. The zero-order valence-electron chi connectivity index (χ0n) is 24.9. The molecule has 45 heavy (non-hydrogen) atoms. The quantitative estimate of drug-likeness (QED) is 0.164. The maximum Gasteiger partial charge on any atom is 0.135 e. The number of fused-ring (bicyclic) bond motifs is 4. The molecule has 4 heterocycles. The van der Waals surface area contributed by atoms with Crippen molar-refractivity contribution in [2.75, 3.05) is 16.8 Å². The Morgan fingerprint density at radius 2 is 1.56 bits per heavy atom. The first kappa shape index (κ1) is 28.8. The van der Waals surface area contributed by atoms with Crippen molar-refractivity contribution in [1.29, 1.82) is 0 Å². The van der Waals surface area contributed by atoms with Gasteiger partial charge in [-0.3, -0.25) is 4.98 Å². The fraction of sp³-hybridized carbons (Fsp3) is 0.0789. The minimum Gasteiger partial charge on any atom is -0.504 e. The van der Waals surface area contributed by atoms with Crippen LogP contribution in [0.15, 0.2) is 109 Å². The Hall–Kier alpha value is -4.93.